The second-order valence-corrected chi connectivity index (χ2v) is 6.36. The van der Waals surface area contributed by atoms with E-state index in [1.807, 2.05) is 0 Å². The number of nitrogens with zero attached hydrogens (tertiary/aromatic N) is 2. The lowest BCUT2D eigenvalue weighted by molar-refractivity contribution is 0.281. The van der Waals surface area contributed by atoms with Crippen molar-refractivity contribution >= 4 is 10.2 Å². The number of hydrogen-bond acceptors (Lipinski definition) is 2. The largest absolute Gasteiger partial charge is 0.281 e. The van der Waals surface area contributed by atoms with E-state index in [2.05, 4.69) is 0 Å². The van der Waals surface area contributed by atoms with E-state index in [0.717, 1.165) is 51.9 Å². The summed E-state index contributed by atoms with van der Waals surface area (Å²) in [6.45, 7) is 2.88. The fourth-order valence-electron chi connectivity index (χ4n) is 2.35. The van der Waals surface area contributed by atoms with Gasteiger partial charge >= 0.3 is 0 Å². The van der Waals surface area contributed by atoms with E-state index in [0.29, 0.717) is 0 Å². The smallest absolute Gasteiger partial charge is 0.195 e. The van der Waals surface area contributed by atoms with Crippen LogP contribution in [-0.4, -0.2) is 43.2 Å². The zero-order chi connectivity index (χ0) is 10.7. The van der Waals surface area contributed by atoms with Crippen molar-refractivity contribution in [2.45, 2.75) is 38.5 Å². The molecule has 0 aromatic rings. The van der Waals surface area contributed by atoms with Crippen LogP contribution in [0.1, 0.15) is 38.5 Å². The van der Waals surface area contributed by atoms with Crippen molar-refractivity contribution in [3.8, 4) is 0 Å². The van der Waals surface area contributed by atoms with Gasteiger partial charge in [-0.2, -0.15) is 17.0 Å². The van der Waals surface area contributed by atoms with Gasteiger partial charge in [0.25, 0.3) is 10.2 Å². The molecule has 4 nitrogen and oxygen atoms in total. The number of hydrogen-bond donors (Lipinski definition) is 0. The van der Waals surface area contributed by atoms with Gasteiger partial charge in [0.2, 0.25) is 0 Å². The van der Waals surface area contributed by atoms with Gasteiger partial charge < -0.3 is 0 Å². The second-order valence-electron chi connectivity index (χ2n) is 4.43. The molecule has 2 aliphatic heterocycles. The van der Waals surface area contributed by atoms with Crippen molar-refractivity contribution in [2.75, 3.05) is 26.2 Å². The molecule has 2 aliphatic rings. The Hall–Kier alpha value is -0.130. The van der Waals surface area contributed by atoms with Gasteiger partial charge in [0, 0.05) is 26.2 Å². The zero-order valence-corrected chi connectivity index (χ0v) is 10.0. The SMILES string of the molecule is O=S(=O)(N1CCCCC1)N1CCCCC1. The molecule has 0 aromatic carbocycles. The van der Waals surface area contributed by atoms with Crippen LogP contribution in [0, 0.1) is 0 Å². The normalized spacial score (nSPS) is 26.7. The molecule has 0 spiro atoms. The first-order valence-electron chi connectivity index (χ1n) is 5.96. The lowest BCUT2D eigenvalue weighted by Gasteiger charge is -2.33. The molecular formula is C10H20N2O2S. The Bertz CT molecular complexity index is 267. The minimum absolute atomic E-state index is 0.721. The van der Waals surface area contributed by atoms with Crippen molar-refractivity contribution in [3.63, 3.8) is 0 Å². The molecule has 0 aromatic heterocycles. The van der Waals surface area contributed by atoms with Crippen molar-refractivity contribution in [3.05, 3.63) is 0 Å². The Balaban J connectivity index is 2.03. The highest BCUT2D eigenvalue weighted by Gasteiger charge is 2.30. The van der Waals surface area contributed by atoms with Crippen LogP contribution in [0.2, 0.25) is 0 Å². The summed E-state index contributed by atoms with van der Waals surface area (Å²) in [6.07, 6.45) is 6.43. The summed E-state index contributed by atoms with van der Waals surface area (Å²) in [5, 5.41) is 0. The highest BCUT2D eigenvalue weighted by atomic mass is 32.2. The average molecular weight is 232 g/mol. The fraction of sp³-hybridized carbons (Fsp3) is 1.00. The number of rotatable bonds is 2. The molecule has 2 heterocycles. The Morgan fingerprint density at radius 3 is 1.27 bits per heavy atom. The molecule has 15 heavy (non-hydrogen) atoms. The summed E-state index contributed by atoms with van der Waals surface area (Å²) in [7, 11) is -3.12. The third-order valence-electron chi connectivity index (χ3n) is 3.28. The first-order chi connectivity index (χ1) is 7.21. The predicted octanol–water partition coefficient (Wildman–Crippen LogP) is 1.20. The third kappa shape index (κ3) is 2.52. The van der Waals surface area contributed by atoms with Crippen LogP contribution in [0.25, 0.3) is 0 Å². The maximum atomic E-state index is 12.2. The molecule has 88 valence electrons. The molecule has 0 saturated carbocycles. The van der Waals surface area contributed by atoms with E-state index in [4.69, 9.17) is 0 Å². The first-order valence-corrected chi connectivity index (χ1v) is 7.36. The quantitative estimate of drug-likeness (QED) is 0.718. The van der Waals surface area contributed by atoms with Gasteiger partial charge in [0.1, 0.15) is 0 Å². The highest BCUT2D eigenvalue weighted by molar-refractivity contribution is 7.86. The lowest BCUT2D eigenvalue weighted by Crippen LogP contribution is -2.47. The van der Waals surface area contributed by atoms with Gasteiger partial charge in [-0.05, 0) is 25.7 Å². The summed E-state index contributed by atoms with van der Waals surface area (Å²) in [4.78, 5) is 0. The van der Waals surface area contributed by atoms with Gasteiger partial charge in [-0.1, -0.05) is 12.8 Å². The molecule has 5 heteroatoms. The van der Waals surface area contributed by atoms with Crippen LogP contribution in [-0.2, 0) is 10.2 Å². The maximum Gasteiger partial charge on any atom is 0.281 e. The lowest BCUT2D eigenvalue weighted by atomic mass is 10.2. The van der Waals surface area contributed by atoms with E-state index in [1.165, 1.54) is 12.8 Å². The monoisotopic (exact) mass is 232 g/mol. The molecule has 2 saturated heterocycles. The highest BCUT2D eigenvalue weighted by Crippen LogP contribution is 2.19. The third-order valence-corrected chi connectivity index (χ3v) is 5.32. The molecule has 0 aliphatic carbocycles. The molecule has 0 atom stereocenters. The van der Waals surface area contributed by atoms with Crippen LogP contribution >= 0.6 is 0 Å². The van der Waals surface area contributed by atoms with E-state index < -0.39 is 10.2 Å². The van der Waals surface area contributed by atoms with Crippen molar-refractivity contribution < 1.29 is 8.42 Å². The molecule has 0 bridgehead atoms. The molecule has 2 rings (SSSR count). The van der Waals surface area contributed by atoms with Crippen LogP contribution in [0.4, 0.5) is 0 Å². The predicted molar refractivity (Wildman–Crippen MR) is 59.8 cm³/mol. The standard InChI is InChI=1S/C10H20N2O2S/c13-15(14,11-7-3-1-4-8-11)12-9-5-2-6-10-12/h1-10H2. The molecule has 0 amide bonds. The summed E-state index contributed by atoms with van der Waals surface area (Å²) >= 11 is 0. The van der Waals surface area contributed by atoms with Crippen LogP contribution in [0.3, 0.4) is 0 Å². The summed E-state index contributed by atoms with van der Waals surface area (Å²) in [5.41, 5.74) is 0. The molecule has 0 N–H and O–H groups in total. The van der Waals surface area contributed by atoms with Gasteiger partial charge in [-0.15, -0.1) is 0 Å². The summed E-state index contributed by atoms with van der Waals surface area (Å²) in [6, 6.07) is 0. The topological polar surface area (TPSA) is 40.6 Å². The van der Waals surface area contributed by atoms with Crippen molar-refractivity contribution in [2.24, 2.45) is 0 Å². The molecule has 0 unspecified atom stereocenters. The van der Waals surface area contributed by atoms with Crippen LogP contribution < -0.4 is 0 Å². The van der Waals surface area contributed by atoms with E-state index in [1.54, 1.807) is 8.61 Å². The first kappa shape index (κ1) is 11.4. The summed E-state index contributed by atoms with van der Waals surface area (Å²) in [5.74, 6) is 0. The summed E-state index contributed by atoms with van der Waals surface area (Å²) < 4.78 is 27.7. The Morgan fingerprint density at radius 1 is 0.600 bits per heavy atom. The number of piperidine rings is 2. The fourth-order valence-corrected chi connectivity index (χ4v) is 4.12. The van der Waals surface area contributed by atoms with Crippen LogP contribution in [0.15, 0.2) is 0 Å². The molecule has 0 radical (unpaired) electrons. The maximum absolute atomic E-state index is 12.2. The van der Waals surface area contributed by atoms with Gasteiger partial charge in [0.15, 0.2) is 0 Å². The Morgan fingerprint density at radius 2 is 0.933 bits per heavy atom. The van der Waals surface area contributed by atoms with Gasteiger partial charge in [-0.25, -0.2) is 0 Å². The van der Waals surface area contributed by atoms with E-state index in [-0.39, 0.29) is 0 Å². The van der Waals surface area contributed by atoms with Gasteiger partial charge in [0.05, 0.1) is 0 Å². The second kappa shape index (κ2) is 4.80. The van der Waals surface area contributed by atoms with Crippen LogP contribution in [0.5, 0.6) is 0 Å². The van der Waals surface area contributed by atoms with Crippen molar-refractivity contribution in [1.82, 2.24) is 8.61 Å². The molecule has 2 fully saturated rings. The van der Waals surface area contributed by atoms with E-state index >= 15 is 0 Å². The zero-order valence-electron chi connectivity index (χ0n) is 9.19. The Kier molecular flexibility index (Phi) is 3.64. The van der Waals surface area contributed by atoms with Crippen molar-refractivity contribution in [1.29, 1.82) is 0 Å². The van der Waals surface area contributed by atoms with E-state index in [9.17, 15) is 8.42 Å². The average Bonchev–Trinajstić information content (AvgIpc) is 2.31. The van der Waals surface area contributed by atoms with Gasteiger partial charge in [-0.3, -0.25) is 0 Å². The minimum Gasteiger partial charge on any atom is -0.195 e. The Labute approximate surface area is 92.4 Å². The molecular weight excluding hydrogens is 212 g/mol. The minimum atomic E-state index is -3.12.